The quantitative estimate of drug-likeness (QED) is 0.883. The summed E-state index contributed by atoms with van der Waals surface area (Å²) in [5.41, 5.74) is 5.70. The summed E-state index contributed by atoms with van der Waals surface area (Å²) in [7, 11) is -2.38. The highest BCUT2D eigenvalue weighted by molar-refractivity contribution is 7.89. The van der Waals surface area contributed by atoms with E-state index < -0.39 is 15.8 Å². The highest BCUT2D eigenvalue weighted by Gasteiger charge is 2.28. The van der Waals surface area contributed by atoms with E-state index in [2.05, 4.69) is 0 Å². The lowest BCUT2D eigenvalue weighted by Crippen LogP contribution is -2.30. The maximum atomic E-state index is 13.3. The van der Waals surface area contributed by atoms with Crippen LogP contribution >= 0.6 is 11.3 Å². The van der Waals surface area contributed by atoms with Crippen LogP contribution in [0.1, 0.15) is 17.8 Å². The molecule has 0 aliphatic carbocycles. The van der Waals surface area contributed by atoms with Crippen LogP contribution in [-0.4, -0.2) is 19.8 Å². The zero-order valence-corrected chi connectivity index (χ0v) is 12.7. The zero-order chi connectivity index (χ0) is 14.9. The standard InChI is InChI=1S/C13H15FN2O2S2/c1-9(12-4-3-7-19-12)16(2)20(17,18)13-8-10(14)5-6-11(13)15/h3-9H,15H2,1-2H3. The number of nitrogens with zero attached hydrogens (tertiary/aromatic N) is 1. The third kappa shape index (κ3) is 2.70. The van der Waals surface area contributed by atoms with E-state index >= 15 is 0 Å². The van der Waals surface area contributed by atoms with Crippen LogP contribution in [0.2, 0.25) is 0 Å². The minimum atomic E-state index is -3.84. The molecule has 1 atom stereocenters. The molecule has 0 fully saturated rings. The van der Waals surface area contributed by atoms with Gasteiger partial charge in [-0.05, 0) is 36.6 Å². The van der Waals surface area contributed by atoms with Crippen LogP contribution in [0, 0.1) is 5.82 Å². The van der Waals surface area contributed by atoms with Crippen molar-refractivity contribution in [2.75, 3.05) is 12.8 Å². The highest BCUT2D eigenvalue weighted by Crippen LogP contribution is 2.30. The van der Waals surface area contributed by atoms with Crippen LogP contribution in [-0.2, 0) is 10.0 Å². The summed E-state index contributed by atoms with van der Waals surface area (Å²) in [5.74, 6) is -0.630. The Morgan fingerprint density at radius 1 is 1.35 bits per heavy atom. The molecule has 0 saturated heterocycles. The number of sulfonamides is 1. The lowest BCUT2D eigenvalue weighted by molar-refractivity contribution is 0.403. The molecule has 0 radical (unpaired) electrons. The monoisotopic (exact) mass is 314 g/mol. The molecule has 1 heterocycles. The molecular formula is C13H15FN2O2S2. The molecule has 2 rings (SSSR count). The van der Waals surface area contributed by atoms with Crippen molar-refractivity contribution in [2.45, 2.75) is 17.9 Å². The second-order valence-corrected chi connectivity index (χ2v) is 7.34. The number of hydrogen-bond donors (Lipinski definition) is 1. The largest absolute Gasteiger partial charge is 0.398 e. The van der Waals surface area contributed by atoms with Crippen LogP contribution in [0.3, 0.4) is 0 Å². The van der Waals surface area contributed by atoms with Crippen molar-refractivity contribution >= 4 is 27.0 Å². The number of benzene rings is 1. The lowest BCUT2D eigenvalue weighted by Gasteiger charge is -2.24. The second-order valence-electron chi connectivity index (χ2n) is 4.39. The van der Waals surface area contributed by atoms with Crippen LogP contribution < -0.4 is 5.73 Å². The van der Waals surface area contributed by atoms with Gasteiger partial charge in [0.2, 0.25) is 10.0 Å². The first-order chi connectivity index (χ1) is 9.34. The molecule has 0 saturated carbocycles. The smallest absolute Gasteiger partial charge is 0.245 e. The minimum absolute atomic E-state index is 0.0385. The Morgan fingerprint density at radius 2 is 2.05 bits per heavy atom. The molecule has 7 heteroatoms. The first kappa shape index (κ1) is 15.0. The Labute approximate surface area is 121 Å². The Balaban J connectivity index is 2.42. The molecule has 20 heavy (non-hydrogen) atoms. The predicted molar refractivity (Wildman–Crippen MR) is 78.5 cm³/mol. The molecule has 0 bridgehead atoms. The Morgan fingerprint density at radius 3 is 2.65 bits per heavy atom. The van der Waals surface area contributed by atoms with Gasteiger partial charge in [0.1, 0.15) is 10.7 Å². The third-order valence-corrected chi connectivity index (χ3v) is 6.16. The SMILES string of the molecule is CC(c1cccs1)N(C)S(=O)(=O)c1cc(F)ccc1N. The topological polar surface area (TPSA) is 63.4 Å². The van der Waals surface area contributed by atoms with E-state index in [1.54, 1.807) is 6.92 Å². The molecule has 0 aliphatic heterocycles. The van der Waals surface area contributed by atoms with Crippen LogP contribution in [0.25, 0.3) is 0 Å². The van der Waals surface area contributed by atoms with E-state index in [1.807, 2.05) is 17.5 Å². The molecule has 2 N–H and O–H groups in total. The number of rotatable bonds is 4. The fourth-order valence-corrected chi connectivity index (χ4v) is 4.16. The van der Waals surface area contributed by atoms with E-state index in [4.69, 9.17) is 5.73 Å². The molecule has 0 spiro atoms. The molecule has 4 nitrogen and oxygen atoms in total. The van der Waals surface area contributed by atoms with Gasteiger partial charge < -0.3 is 5.73 Å². The number of thiophene rings is 1. The third-order valence-electron chi connectivity index (χ3n) is 3.13. The summed E-state index contributed by atoms with van der Waals surface area (Å²) >= 11 is 1.47. The minimum Gasteiger partial charge on any atom is -0.398 e. The van der Waals surface area contributed by atoms with E-state index in [1.165, 1.54) is 28.8 Å². The van der Waals surface area contributed by atoms with Crippen molar-refractivity contribution in [2.24, 2.45) is 0 Å². The van der Waals surface area contributed by atoms with Gasteiger partial charge in [-0.3, -0.25) is 0 Å². The number of nitrogen functional groups attached to an aromatic ring is 1. The Kier molecular flexibility index (Phi) is 4.12. The molecule has 0 amide bonds. The molecular weight excluding hydrogens is 299 g/mol. The van der Waals surface area contributed by atoms with Crippen molar-refractivity contribution in [1.29, 1.82) is 0 Å². The molecule has 1 unspecified atom stereocenters. The van der Waals surface area contributed by atoms with Gasteiger partial charge >= 0.3 is 0 Å². The molecule has 2 aromatic rings. The van der Waals surface area contributed by atoms with Gasteiger partial charge in [-0.1, -0.05) is 6.07 Å². The second kappa shape index (κ2) is 5.51. The van der Waals surface area contributed by atoms with Crippen LogP contribution in [0.4, 0.5) is 10.1 Å². The number of halogens is 1. The molecule has 1 aromatic carbocycles. The molecule has 0 aliphatic rings. The Hall–Kier alpha value is -1.44. The van der Waals surface area contributed by atoms with Gasteiger partial charge in [0.25, 0.3) is 0 Å². The zero-order valence-electron chi connectivity index (χ0n) is 11.1. The normalized spacial score (nSPS) is 13.6. The first-order valence-electron chi connectivity index (χ1n) is 5.90. The first-order valence-corrected chi connectivity index (χ1v) is 8.22. The summed E-state index contributed by atoms with van der Waals surface area (Å²) in [4.78, 5) is 0.703. The van der Waals surface area contributed by atoms with Gasteiger partial charge in [0.15, 0.2) is 0 Å². The average Bonchev–Trinajstić information content (AvgIpc) is 2.93. The van der Waals surface area contributed by atoms with Crippen molar-refractivity contribution in [3.05, 3.63) is 46.4 Å². The summed E-state index contributed by atoms with van der Waals surface area (Å²) in [6.07, 6.45) is 0. The predicted octanol–water partition coefficient (Wildman–Crippen LogP) is 2.85. The molecule has 1 aromatic heterocycles. The van der Waals surface area contributed by atoms with Crippen molar-refractivity contribution in [3.63, 3.8) is 0 Å². The van der Waals surface area contributed by atoms with Crippen LogP contribution in [0.15, 0.2) is 40.6 Å². The van der Waals surface area contributed by atoms with Crippen molar-refractivity contribution in [3.8, 4) is 0 Å². The van der Waals surface area contributed by atoms with E-state index in [-0.39, 0.29) is 16.6 Å². The number of hydrogen-bond acceptors (Lipinski definition) is 4. The number of anilines is 1. The maximum Gasteiger partial charge on any atom is 0.245 e. The van der Waals surface area contributed by atoms with Gasteiger partial charge in [0.05, 0.1) is 11.7 Å². The lowest BCUT2D eigenvalue weighted by atomic mass is 10.3. The summed E-state index contributed by atoms with van der Waals surface area (Å²) in [6, 6.07) is 6.71. The fraction of sp³-hybridized carbons (Fsp3) is 0.231. The number of nitrogens with two attached hydrogens (primary N) is 1. The molecule has 108 valence electrons. The maximum absolute atomic E-state index is 13.3. The summed E-state index contributed by atoms with van der Waals surface area (Å²) in [6.45, 7) is 1.78. The van der Waals surface area contributed by atoms with Gasteiger partial charge in [-0.2, -0.15) is 4.31 Å². The summed E-state index contributed by atoms with van der Waals surface area (Å²) in [5, 5.41) is 1.88. The average molecular weight is 314 g/mol. The summed E-state index contributed by atoms with van der Waals surface area (Å²) < 4.78 is 39.5. The van der Waals surface area contributed by atoms with Gasteiger partial charge in [-0.25, -0.2) is 12.8 Å². The van der Waals surface area contributed by atoms with Gasteiger partial charge in [-0.15, -0.1) is 11.3 Å². The van der Waals surface area contributed by atoms with Crippen molar-refractivity contribution in [1.82, 2.24) is 4.31 Å². The van der Waals surface area contributed by atoms with E-state index in [9.17, 15) is 12.8 Å². The van der Waals surface area contributed by atoms with E-state index in [0.29, 0.717) is 0 Å². The fourth-order valence-electron chi connectivity index (χ4n) is 1.80. The van der Waals surface area contributed by atoms with Crippen molar-refractivity contribution < 1.29 is 12.8 Å². The Bertz CT molecular complexity index is 699. The van der Waals surface area contributed by atoms with E-state index in [0.717, 1.165) is 17.0 Å². The van der Waals surface area contributed by atoms with Gasteiger partial charge in [0, 0.05) is 11.9 Å². The highest BCUT2D eigenvalue weighted by atomic mass is 32.2. The van der Waals surface area contributed by atoms with Crippen LogP contribution in [0.5, 0.6) is 0 Å².